The van der Waals surface area contributed by atoms with E-state index in [0.29, 0.717) is 45.8 Å². The van der Waals surface area contributed by atoms with Crippen molar-refractivity contribution in [3.63, 3.8) is 0 Å². The monoisotopic (exact) mass is 474 g/mol. The molecule has 0 bridgehead atoms. The molecule has 0 aromatic heterocycles. The van der Waals surface area contributed by atoms with E-state index in [1.54, 1.807) is 42.5 Å². The fourth-order valence-electron chi connectivity index (χ4n) is 4.01. The normalized spacial score (nSPS) is 15.8. The number of aliphatic hydroxyl groups is 2. The Kier molecular flexibility index (Phi) is 17.1. The maximum Gasteiger partial charge on any atom is 0.115 e. The molecular weight excluding hydrogens is 428 g/mol. The molecule has 0 aliphatic heterocycles. The van der Waals surface area contributed by atoms with Crippen molar-refractivity contribution in [3.8, 4) is 0 Å². The van der Waals surface area contributed by atoms with E-state index >= 15 is 0 Å². The first-order valence-corrected chi connectivity index (χ1v) is 11.5. The van der Waals surface area contributed by atoms with Crippen LogP contribution in [0, 0.1) is 5.92 Å². The Balaban J connectivity index is 6.71. The molecule has 0 spiro atoms. The highest BCUT2D eigenvalue weighted by Gasteiger charge is 2.50. The summed E-state index contributed by atoms with van der Waals surface area (Å²) in [5.41, 5.74) is 5.70. The molecule has 0 fully saturated rings. The molecule has 0 heterocycles. The number of rotatable bonds is 23. The Morgan fingerprint density at radius 1 is 0.735 bits per heavy atom. The number of nitrogens with zero attached hydrogens (tertiary/aromatic N) is 3. The van der Waals surface area contributed by atoms with Crippen LogP contribution in [0.4, 0.5) is 0 Å². The van der Waals surface area contributed by atoms with Crippen LogP contribution in [-0.2, 0) is 4.74 Å². The van der Waals surface area contributed by atoms with Crippen molar-refractivity contribution in [2.75, 3.05) is 59.0 Å². The maximum absolute atomic E-state index is 11.7. The largest absolute Gasteiger partial charge is 0.387 e. The van der Waals surface area contributed by atoms with Crippen molar-refractivity contribution < 1.29 is 14.9 Å². The molecule has 192 valence electrons. The van der Waals surface area contributed by atoms with Crippen molar-refractivity contribution >= 4 is 0 Å². The fraction of sp³-hybridized carbons (Fsp3) is 0.481. The molecular formula is C27H46N4O3. The van der Waals surface area contributed by atoms with Crippen LogP contribution in [0.15, 0.2) is 88.6 Å². The third-order valence-corrected chi connectivity index (χ3v) is 5.58. The number of nitrogens with two attached hydrogens (primary N) is 1. The quantitative estimate of drug-likeness (QED) is 0.119. The highest BCUT2D eigenvalue weighted by atomic mass is 16.5. The lowest BCUT2D eigenvalue weighted by molar-refractivity contribution is -0.150. The molecule has 4 atom stereocenters. The highest BCUT2D eigenvalue weighted by Crippen LogP contribution is 2.30. The molecule has 7 heteroatoms. The molecule has 34 heavy (non-hydrogen) atoms. The summed E-state index contributed by atoms with van der Waals surface area (Å²) in [7, 11) is 0. The van der Waals surface area contributed by atoms with Gasteiger partial charge < -0.3 is 20.7 Å². The minimum Gasteiger partial charge on any atom is -0.387 e. The van der Waals surface area contributed by atoms with Gasteiger partial charge in [-0.2, -0.15) is 0 Å². The topological polar surface area (TPSA) is 85.4 Å². The Morgan fingerprint density at radius 2 is 1.21 bits per heavy atom. The lowest BCUT2D eigenvalue weighted by atomic mass is 9.83. The summed E-state index contributed by atoms with van der Waals surface area (Å²) in [6, 6.07) is 0. The van der Waals surface area contributed by atoms with Crippen molar-refractivity contribution in [2.45, 2.75) is 18.0 Å². The molecule has 4 N–H and O–H groups in total. The van der Waals surface area contributed by atoms with Gasteiger partial charge >= 0.3 is 0 Å². The van der Waals surface area contributed by atoms with Crippen LogP contribution < -0.4 is 5.73 Å². The first-order valence-electron chi connectivity index (χ1n) is 11.5. The molecule has 0 rings (SSSR count). The van der Waals surface area contributed by atoms with Crippen LogP contribution in [0.3, 0.4) is 0 Å². The Hall–Kier alpha value is -2.10. The second-order valence-corrected chi connectivity index (χ2v) is 8.06. The van der Waals surface area contributed by atoms with Gasteiger partial charge in [0.25, 0.3) is 0 Å². The van der Waals surface area contributed by atoms with Gasteiger partial charge in [0.05, 0.1) is 13.2 Å². The Morgan fingerprint density at radius 3 is 1.62 bits per heavy atom. The fourth-order valence-corrected chi connectivity index (χ4v) is 4.01. The van der Waals surface area contributed by atoms with E-state index in [9.17, 15) is 10.2 Å². The van der Waals surface area contributed by atoms with E-state index in [1.807, 2.05) is 9.80 Å². The minimum absolute atomic E-state index is 0.0393. The summed E-state index contributed by atoms with van der Waals surface area (Å²) in [5, 5.41) is 23.1. The summed E-state index contributed by atoms with van der Waals surface area (Å²) in [5.74, 6) is -0.658. The summed E-state index contributed by atoms with van der Waals surface area (Å²) in [6.07, 6.45) is 9.83. The predicted molar refractivity (Wildman–Crippen MR) is 144 cm³/mol. The average Bonchev–Trinajstić information content (AvgIpc) is 2.81. The lowest BCUT2D eigenvalue weighted by Gasteiger charge is -2.52. The highest BCUT2D eigenvalue weighted by molar-refractivity contribution is 5.05. The molecule has 0 radical (unpaired) electrons. The molecule has 7 nitrogen and oxygen atoms in total. The smallest absolute Gasteiger partial charge is 0.115 e. The minimum atomic E-state index is -1.41. The van der Waals surface area contributed by atoms with Crippen LogP contribution in [0.1, 0.15) is 0 Å². The number of aliphatic hydroxyl groups excluding tert-OH is 2. The second kappa shape index (κ2) is 18.3. The number of hydrogen-bond donors (Lipinski definition) is 3. The van der Waals surface area contributed by atoms with Gasteiger partial charge in [0.1, 0.15) is 18.0 Å². The van der Waals surface area contributed by atoms with Crippen molar-refractivity contribution in [3.05, 3.63) is 88.6 Å². The van der Waals surface area contributed by atoms with Crippen LogP contribution in [0.5, 0.6) is 0 Å². The third kappa shape index (κ3) is 9.64. The zero-order chi connectivity index (χ0) is 26.0. The third-order valence-electron chi connectivity index (χ3n) is 5.58. The van der Waals surface area contributed by atoms with Crippen LogP contribution in [0.25, 0.3) is 0 Å². The van der Waals surface area contributed by atoms with Crippen LogP contribution in [-0.4, -0.2) is 102 Å². The summed E-state index contributed by atoms with van der Waals surface area (Å²) in [6.45, 7) is 29.9. The zero-order valence-electron chi connectivity index (χ0n) is 20.8. The first kappa shape index (κ1) is 31.9. The van der Waals surface area contributed by atoms with Gasteiger partial charge in [0.2, 0.25) is 0 Å². The molecule has 0 aromatic carbocycles. The summed E-state index contributed by atoms with van der Waals surface area (Å²) in [4.78, 5) is 5.74. The lowest BCUT2D eigenvalue weighted by Crippen LogP contribution is -2.73. The maximum atomic E-state index is 11.7. The molecule has 0 amide bonds. The van der Waals surface area contributed by atoms with Gasteiger partial charge in [-0.15, -0.1) is 46.1 Å². The van der Waals surface area contributed by atoms with Crippen molar-refractivity contribution in [1.82, 2.24) is 14.7 Å². The Labute approximate surface area is 207 Å². The standard InChI is InChI=1S/C27H46N4O3/c1-8-15-29(16-9-2)22-24(26(33)30(17-10-3)18-11-4)27(28,25(32)23-34-21-14-7)31(19-12-5)20-13-6/h8-14,24-26,32-33H,1-7,15-23,28H2. The van der Waals surface area contributed by atoms with E-state index in [0.717, 1.165) is 0 Å². The van der Waals surface area contributed by atoms with Crippen LogP contribution >= 0.6 is 0 Å². The van der Waals surface area contributed by atoms with Crippen molar-refractivity contribution in [2.24, 2.45) is 11.7 Å². The number of hydrogen-bond acceptors (Lipinski definition) is 7. The van der Waals surface area contributed by atoms with Gasteiger partial charge in [-0.3, -0.25) is 14.7 Å². The second-order valence-electron chi connectivity index (χ2n) is 8.06. The summed E-state index contributed by atoms with van der Waals surface area (Å²) < 4.78 is 5.58. The zero-order valence-corrected chi connectivity index (χ0v) is 20.8. The summed E-state index contributed by atoms with van der Waals surface area (Å²) >= 11 is 0. The van der Waals surface area contributed by atoms with E-state index in [-0.39, 0.29) is 13.2 Å². The van der Waals surface area contributed by atoms with Gasteiger partial charge in [-0.25, -0.2) is 0 Å². The van der Waals surface area contributed by atoms with Crippen LogP contribution in [0.2, 0.25) is 0 Å². The average molecular weight is 475 g/mol. The van der Waals surface area contributed by atoms with E-state index < -0.39 is 23.9 Å². The van der Waals surface area contributed by atoms with E-state index in [2.05, 4.69) is 51.0 Å². The molecule has 0 saturated carbocycles. The molecule has 0 saturated heterocycles. The van der Waals surface area contributed by atoms with E-state index in [1.165, 1.54) is 0 Å². The SMILES string of the molecule is C=CCOCC(O)C(N)(C(CN(CC=C)CC=C)C(O)N(CC=C)CC=C)N(CC=C)CC=C. The Bertz CT molecular complexity index is 624. The van der Waals surface area contributed by atoms with Gasteiger partial charge in [0.15, 0.2) is 0 Å². The molecule has 4 unspecified atom stereocenters. The molecule has 0 aliphatic rings. The van der Waals surface area contributed by atoms with E-state index in [4.69, 9.17) is 10.5 Å². The van der Waals surface area contributed by atoms with Gasteiger partial charge in [-0.1, -0.05) is 42.5 Å². The van der Waals surface area contributed by atoms with Gasteiger partial charge in [-0.05, 0) is 0 Å². The molecule has 0 aliphatic carbocycles. The first-order chi connectivity index (χ1) is 16.3. The predicted octanol–water partition coefficient (Wildman–Crippen LogP) is 2.16. The number of ether oxygens (including phenoxy) is 1. The van der Waals surface area contributed by atoms with Crippen molar-refractivity contribution in [1.29, 1.82) is 0 Å². The van der Waals surface area contributed by atoms with Gasteiger partial charge in [0, 0.05) is 51.7 Å². The molecule has 0 aromatic rings.